The summed E-state index contributed by atoms with van der Waals surface area (Å²) >= 11 is 0. The third-order valence-electron chi connectivity index (χ3n) is 2.64. The molecule has 0 amide bonds. The van der Waals surface area contributed by atoms with Gasteiger partial charge in [0, 0.05) is 17.6 Å². The van der Waals surface area contributed by atoms with Crippen LogP contribution >= 0.6 is 0 Å². The molecule has 0 saturated heterocycles. The van der Waals surface area contributed by atoms with Gasteiger partial charge >= 0.3 is 0 Å². The van der Waals surface area contributed by atoms with E-state index in [1.807, 2.05) is 18.0 Å². The second-order valence-electron chi connectivity index (χ2n) is 3.70. The van der Waals surface area contributed by atoms with E-state index in [0.29, 0.717) is 0 Å². The first-order chi connectivity index (χ1) is 6.59. The van der Waals surface area contributed by atoms with Crippen LogP contribution < -0.4 is 0 Å². The minimum absolute atomic E-state index is 0.970. The zero-order chi connectivity index (χ0) is 10.3. The molecule has 0 aromatic heterocycles. The molecular weight excluding hydrogens is 172 g/mol. The Morgan fingerprint density at radius 3 is 2.71 bits per heavy atom. The smallest absolute Gasteiger partial charge is 0.137 e. The molecule has 0 spiro atoms. The van der Waals surface area contributed by atoms with Crippen molar-refractivity contribution in [2.45, 2.75) is 20.8 Å². The zero-order valence-electron chi connectivity index (χ0n) is 8.83. The first kappa shape index (κ1) is 9.00. The number of hydrogen-bond acceptors (Lipinski definition) is 2. The molecule has 0 aromatic rings. The number of nitrogens with zero attached hydrogens (tertiary/aromatic N) is 2. The molecular formula is C12H14N2. The van der Waals surface area contributed by atoms with Crippen molar-refractivity contribution < 1.29 is 0 Å². The molecule has 0 bridgehead atoms. The van der Waals surface area contributed by atoms with Crippen molar-refractivity contribution >= 4 is 5.84 Å². The van der Waals surface area contributed by atoms with Crippen LogP contribution in [0.3, 0.4) is 0 Å². The van der Waals surface area contributed by atoms with Crippen LogP contribution in [-0.2, 0) is 0 Å². The van der Waals surface area contributed by atoms with Gasteiger partial charge in [-0.2, -0.15) is 0 Å². The van der Waals surface area contributed by atoms with Crippen LogP contribution in [0.2, 0.25) is 0 Å². The molecule has 2 nitrogen and oxygen atoms in total. The van der Waals surface area contributed by atoms with Crippen molar-refractivity contribution in [3.8, 4) is 0 Å². The lowest BCUT2D eigenvalue weighted by atomic mass is 10.1. The number of aliphatic imine (C=N–C) groups is 1. The van der Waals surface area contributed by atoms with Crippen LogP contribution in [-0.4, -0.2) is 10.7 Å². The first-order valence-corrected chi connectivity index (χ1v) is 4.71. The van der Waals surface area contributed by atoms with Crippen molar-refractivity contribution in [2.75, 3.05) is 0 Å². The summed E-state index contributed by atoms with van der Waals surface area (Å²) in [6.07, 6.45) is 6.16. The van der Waals surface area contributed by atoms with E-state index in [4.69, 9.17) is 0 Å². The Hall–Kier alpha value is -1.57. The van der Waals surface area contributed by atoms with E-state index in [-0.39, 0.29) is 0 Å². The SMILES string of the molecule is C=C1C(C)=C(C)N=C2C=C(C)C=CN12. The second kappa shape index (κ2) is 2.98. The van der Waals surface area contributed by atoms with Crippen molar-refractivity contribution in [3.63, 3.8) is 0 Å². The Bertz CT molecular complexity index is 420. The number of allylic oxidation sites excluding steroid dienone is 4. The fourth-order valence-corrected chi connectivity index (χ4v) is 1.55. The van der Waals surface area contributed by atoms with Gasteiger partial charge in [0.25, 0.3) is 0 Å². The summed E-state index contributed by atoms with van der Waals surface area (Å²) < 4.78 is 0. The quantitative estimate of drug-likeness (QED) is 0.568. The van der Waals surface area contributed by atoms with Crippen LogP contribution in [0.15, 0.2) is 52.5 Å². The third-order valence-corrected chi connectivity index (χ3v) is 2.64. The molecule has 14 heavy (non-hydrogen) atoms. The molecule has 2 heterocycles. The van der Waals surface area contributed by atoms with E-state index in [1.165, 1.54) is 5.57 Å². The van der Waals surface area contributed by atoms with Crippen LogP contribution in [0, 0.1) is 0 Å². The fourth-order valence-electron chi connectivity index (χ4n) is 1.55. The van der Waals surface area contributed by atoms with Crippen molar-refractivity contribution in [3.05, 3.63) is 47.5 Å². The highest BCUT2D eigenvalue weighted by Crippen LogP contribution is 2.26. The molecule has 2 aliphatic rings. The Labute approximate surface area is 84.6 Å². The largest absolute Gasteiger partial charge is 0.302 e. The normalized spacial score (nSPS) is 20.8. The number of fused-ring (bicyclic) bond motifs is 1. The average Bonchev–Trinajstić information content (AvgIpc) is 2.14. The Morgan fingerprint density at radius 2 is 2.00 bits per heavy atom. The molecule has 72 valence electrons. The fraction of sp³-hybridized carbons (Fsp3) is 0.250. The van der Waals surface area contributed by atoms with E-state index >= 15 is 0 Å². The van der Waals surface area contributed by atoms with Gasteiger partial charge in [-0.1, -0.05) is 6.58 Å². The topological polar surface area (TPSA) is 15.6 Å². The van der Waals surface area contributed by atoms with Crippen LogP contribution in [0.5, 0.6) is 0 Å². The lowest BCUT2D eigenvalue weighted by Crippen LogP contribution is -2.28. The van der Waals surface area contributed by atoms with E-state index in [0.717, 1.165) is 22.8 Å². The van der Waals surface area contributed by atoms with Gasteiger partial charge in [-0.3, -0.25) is 0 Å². The monoisotopic (exact) mass is 186 g/mol. The highest BCUT2D eigenvalue weighted by molar-refractivity contribution is 5.99. The minimum Gasteiger partial charge on any atom is -0.302 e. The third kappa shape index (κ3) is 1.23. The van der Waals surface area contributed by atoms with E-state index < -0.39 is 0 Å². The predicted molar refractivity (Wildman–Crippen MR) is 59.7 cm³/mol. The number of hydrogen-bond donors (Lipinski definition) is 0. The van der Waals surface area contributed by atoms with Gasteiger partial charge in [0.15, 0.2) is 0 Å². The molecule has 0 aliphatic carbocycles. The average molecular weight is 186 g/mol. The summed E-state index contributed by atoms with van der Waals surface area (Å²) in [5, 5.41) is 0. The molecule has 0 N–H and O–H groups in total. The van der Waals surface area contributed by atoms with Crippen molar-refractivity contribution in [2.24, 2.45) is 4.99 Å². The molecule has 0 aromatic carbocycles. The molecule has 2 rings (SSSR count). The summed E-state index contributed by atoms with van der Waals surface area (Å²) in [6, 6.07) is 0. The Balaban J connectivity index is 2.51. The van der Waals surface area contributed by atoms with Crippen LogP contribution in [0.1, 0.15) is 20.8 Å². The molecule has 2 heteroatoms. The van der Waals surface area contributed by atoms with E-state index in [1.54, 1.807) is 0 Å². The predicted octanol–water partition coefficient (Wildman–Crippen LogP) is 2.98. The van der Waals surface area contributed by atoms with Crippen LogP contribution in [0.4, 0.5) is 0 Å². The van der Waals surface area contributed by atoms with Gasteiger partial charge < -0.3 is 4.90 Å². The van der Waals surface area contributed by atoms with Gasteiger partial charge in [0.2, 0.25) is 0 Å². The second-order valence-corrected chi connectivity index (χ2v) is 3.70. The molecule has 0 radical (unpaired) electrons. The summed E-state index contributed by atoms with van der Waals surface area (Å²) in [5.41, 5.74) is 4.46. The van der Waals surface area contributed by atoms with Gasteiger partial charge in [-0.15, -0.1) is 0 Å². The standard InChI is InChI=1S/C12H14N2/c1-8-5-6-14-11(4)9(2)10(3)13-12(14)7-8/h5-7H,4H2,1-3H3. The van der Waals surface area contributed by atoms with Crippen LogP contribution in [0.25, 0.3) is 0 Å². The maximum absolute atomic E-state index is 4.52. The maximum atomic E-state index is 4.52. The zero-order valence-corrected chi connectivity index (χ0v) is 8.83. The highest BCUT2D eigenvalue weighted by Gasteiger charge is 2.20. The van der Waals surface area contributed by atoms with Gasteiger partial charge in [0.1, 0.15) is 5.84 Å². The van der Waals surface area contributed by atoms with E-state index in [9.17, 15) is 0 Å². The summed E-state index contributed by atoms with van der Waals surface area (Å²) in [7, 11) is 0. The van der Waals surface area contributed by atoms with Gasteiger partial charge in [-0.05, 0) is 44.1 Å². The van der Waals surface area contributed by atoms with Gasteiger partial charge in [0.05, 0.1) is 0 Å². The summed E-state index contributed by atoms with van der Waals surface area (Å²) in [6.45, 7) is 10.2. The highest BCUT2D eigenvalue weighted by atomic mass is 15.2. The Kier molecular flexibility index (Phi) is 1.92. The number of amidine groups is 1. The van der Waals surface area contributed by atoms with Crippen molar-refractivity contribution in [1.82, 2.24) is 4.90 Å². The van der Waals surface area contributed by atoms with E-state index in [2.05, 4.69) is 37.6 Å². The van der Waals surface area contributed by atoms with Crippen molar-refractivity contribution in [1.29, 1.82) is 0 Å². The molecule has 0 saturated carbocycles. The molecule has 2 aliphatic heterocycles. The Morgan fingerprint density at radius 1 is 1.29 bits per heavy atom. The first-order valence-electron chi connectivity index (χ1n) is 4.71. The minimum atomic E-state index is 0.970. The molecule has 0 fully saturated rings. The maximum Gasteiger partial charge on any atom is 0.137 e. The lowest BCUT2D eigenvalue weighted by Gasteiger charge is -2.30. The molecule has 0 unspecified atom stereocenters. The van der Waals surface area contributed by atoms with Gasteiger partial charge in [-0.25, -0.2) is 4.99 Å². The summed E-state index contributed by atoms with van der Waals surface area (Å²) in [4.78, 5) is 6.54. The number of rotatable bonds is 0. The summed E-state index contributed by atoms with van der Waals surface area (Å²) in [5.74, 6) is 0.970. The lowest BCUT2D eigenvalue weighted by molar-refractivity contribution is 0.681. The molecule has 0 atom stereocenters.